The Morgan fingerprint density at radius 2 is 1.88 bits per heavy atom. The van der Waals surface area contributed by atoms with Gasteiger partial charge in [-0.05, 0) is 26.3 Å². The van der Waals surface area contributed by atoms with Crippen molar-refractivity contribution in [1.29, 1.82) is 0 Å². The van der Waals surface area contributed by atoms with Crippen LogP contribution in [0.2, 0.25) is 10.0 Å². The van der Waals surface area contributed by atoms with E-state index in [-0.39, 0.29) is 24.3 Å². The maximum Gasteiger partial charge on any atom is 0.157 e. The molecule has 0 spiro atoms. The molecule has 0 fully saturated rings. The minimum atomic E-state index is 0.134. The summed E-state index contributed by atoms with van der Waals surface area (Å²) >= 11 is 23.8. The molecule has 0 aromatic heterocycles. The second-order valence-corrected chi connectivity index (χ2v) is 6.65. The van der Waals surface area contributed by atoms with Crippen molar-refractivity contribution in [2.75, 3.05) is 19.8 Å². The zero-order valence-electron chi connectivity index (χ0n) is 13.7. The third-order valence-electron chi connectivity index (χ3n) is 2.73. The van der Waals surface area contributed by atoms with E-state index in [0.29, 0.717) is 28.0 Å². The second kappa shape index (κ2) is 10.9. The lowest BCUT2D eigenvalue weighted by Crippen LogP contribution is -2.07. The summed E-state index contributed by atoms with van der Waals surface area (Å²) in [5.41, 5.74) is 1.62. The van der Waals surface area contributed by atoms with Gasteiger partial charge in [-0.1, -0.05) is 58.5 Å². The van der Waals surface area contributed by atoms with Gasteiger partial charge in [-0.15, -0.1) is 0 Å². The summed E-state index contributed by atoms with van der Waals surface area (Å²) in [6.07, 6.45) is 2.18. The van der Waals surface area contributed by atoms with Gasteiger partial charge in [0.25, 0.3) is 0 Å². The number of oxime groups is 1. The highest BCUT2D eigenvalue weighted by molar-refractivity contribution is 6.55. The van der Waals surface area contributed by atoms with Gasteiger partial charge in [0.05, 0.1) is 15.8 Å². The molecule has 0 saturated carbocycles. The fraction of sp³-hybridized carbons (Fsp3) is 0.438. The van der Waals surface area contributed by atoms with E-state index in [1.54, 1.807) is 6.07 Å². The molecule has 0 aliphatic heterocycles. The first-order chi connectivity index (χ1) is 11.4. The topological polar surface area (TPSA) is 40.0 Å². The van der Waals surface area contributed by atoms with E-state index >= 15 is 0 Å². The number of rotatable bonds is 9. The van der Waals surface area contributed by atoms with E-state index in [1.165, 1.54) is 6.08 Å². The maximum absolute atomic E-state index is 6.40. The van der Waals surface area contributed by atoms with Crippen LogP contribution >= 0.6 is 46.4 Å². The van der Waals surface area contributed by atoms with Crippen LogP contribution in [0.15, 0.2) is 21.8 Å². The molecule has 0 atom stereocenters. The molecule has 0 N–H and O–H groups in total. The SMILES string of the molecule is CCc1c(OCC=C(Cl)Cl)cc(Cl)c(OCCON=C(C)C)c1Cl. The van der Waals surface area contributed by atoms with Gasteiger partial charge in [0.15, 0.2) is 12.4 Å². The third-order valence-corrected chi connectivity index (χ3v) is 3.72. The Labute approximate surface area is 162 Å². The summed E-state index contributed by atoms with van der Waals surface area (Å²) in [7, 11) is 0. The van der Waals surface area contributed by atoms with Gasteiger partial charge >= 0.3 is 0 Å². The standard InChI is InChI=1S/C16H19Cl4NO3/c1-4-11-13(22-6-5-14(18)19)9-12(17)16(15(11)20)23-7-8-24-21-10(2)3/h5,9H,4,6-8H2,1-3H3. The van der Waals surface area contributed by atoms with Crippen molar-refractivity contribution in [2.24, 2.45) is 5.16 Å². The van der Waals surface area contributed by atoms with Crippen LogP contribution in [0, 0.1) is 0 Å². The van der Waals surface area contributed by atoms with Crippen LogP contribution in [-0.4, -0.2) is 25.5 Å². The summed E-state index contributed by atoms with van der Waals surface area (Å²) in [5, 5.41) is 4.58. The molecule has 0 amide bonds. The fourth-order valence-electron chi connectivity index (χ4n) is 1.76. The molecule has 0 bridgehead atoms. The van der Waals surface area contributed by atoms with Crippen molar-refractivity contribution in [3.05, 3.63) is 32.2 Å². The molecule has 8 heteroatoms. The molecule has 1 aromatic carbocycles. The van der Waals surface area contributed by atoms with Crippen molar-refractivity contribution >= 4 is 52.1 Å². The van der Waals surface area contributed by atoms with Crippen LogP contribution in [0.1, 0.15) is 26.3 Å². The molecule has 0 saturated heterocycles. The van der Waals surface area contributed by atoms with E-state index < -0.39 is 0 Å². The second-order valence-electron chi connectivity index (χ2n) is 4.86. The Balaban J connectivity index is 2.83. The van der Waals surface area contributed by atoms with Gasteiger partial charge in [-0.2, -0.15) is 0 Å². The van der Waals surface area contributed by atoms with Crippen molar-refractivity contribution in [1.82, 2.24) is 0 Å². The Hall–Kier alpha value is -0.810. The number of hydrogen-bond acceptors (Lipinski definition) is 4. The molecular weight excluding hydrogens is 396 g/mol. The minimum Gasteiger partial charge on any atom is -0.489 e. The third kappa shape index (κ3) is 6.98. The Morgan fingerprint density at radius 3 is 2.46 bits per heavy atom. The summed E-state index contributed by atoms with van der Waals surface area (Å²) in [4.78, 5) is 5.07. The van der Waals surface area contributed by atoms with Crippen LogP contribution < -0.4 is 9.47 Å². The van der Waals surface area contributed by atoms with Crippen molar-refractivity contribution < 1.29 is 14.3 Å². The zero-order valence-corrected chi connectivity index (χ0v) is 16.7. The summed E-state index contributed by atoms with van der Waals surface area (Å²) < 4.78 is 11.4. The van der Waals surface area contributed by atoms with Gasteiger partial charge in [0, 0.05) is 11.6 Å². The van der Waals surface area contributed by atoms with E-state index in [1.807, 2.05) is 20.8 Å². The molecule has 0 aliphatic rings. The summed E-state index contributed by atoms with van der Waals surface area (Å²) in [6, 6.07) is 1.66. The molecule has 0 unspecified atom stereocenters. The predicted octanol–water partition coefficient (Wildman–Crippen LogP) is 6.04. The minimum absolute atomic E-state index is 0.134. The molecule has 0 heterocycles. The van der Waals surface area contributed by atoms with Crippen molar-refractivity contribution in [2.45, 2.75) is 27.2 Å². The lowest BCUT2D eigenvalue weighted by molar-refractivity contribution is 0.107. The summed E-state index contributed by atoms with van der Waals surface area (Å²) in [6.45, 7) is 6.41. The van der Waals surface area contributed by atoms with E-state index in [2.05, 4.69) is 5.16 Å². The number of hydrogen-bond donors (Lipinski definition) is 0. The van der Waals surface area contributed by atoms with Gasteiger partial charge in [0.2, 0.25) is 0 Å². The van der Waals surface area contributed by atoms with Crippen LogP contribution in [0.4, 0.5) is 0 Å². The molecular formula is C16H19Cl4NO3. The number of ether oxygens (including phenoxy) is 2. The van der Waals surface area contributed by atoms with Gasteiger partial charge in [-0.3, -0.25) is 0 Å². The van der Waals surface area contributed by atoms with E-state index in [4.69, 9.17) is 60.7 Å². The monoisotopic (exact) mass is 413 g/mol. The molecule has 24 heavy (non-hydrogen) atoms. The normalized spacial score (nSPS) is 10.1. The smallest absolute Gasteiger partial charge is 0.157 e. The molecule has 1 aromatic rings. The van der Waals surface area contributed by atoms with Gasteiger partial charge in [-0.25, -0.2) is 0 Å². The van der Waals surface area contributed by atoms with E-state index in [9.17, 15) is 0 Å². The Kier molecular flexibility index (Phi) is 9.67. The van der Waals surface area contributed by atoms with Gasteiger partial charge in [0.1, 0.15) is 23.5 Å². The van der Waals surface area contributed by atoms with Crippen molar-refractivity contribution in [3.8, 4) is 11.5 Å². The highest BCUT2D eigenvalue weighted by Gasteiger charge is 2.17. The molecule has 4 nitrogen and oxygen atoms in total. The number of nitrogens with zero attached hydrogens (tertiary/aromatic N) is 1. The lowest BCUT2D eigenvalue weighted by atomic mass is 10.1. The first kappa shape index (κ1) is 21.2. The highest BCUT2D eigenvalue weighted by Crippen LogP contribution is 2.41. The average molecular weight is 415 g/mol. The first-order valence-electron chi connectivity index (χ1n) is 7.27. The fourth-order valence-corrected chi connectivity index (χ4v) is 2.56. The van der Waals surface area contributed by atoms with Crippen LogP contribution in [0.3, 0.4) is 0 Å². The van der Waals surface area contributed by atoms with Crippen LogP contribution in [0.25, 0.3) is 0 Å². The average Bonchev–Trinajstić information content (AvgIpc) is 2.49. The quantitative estimate of drug-likeness (QED) is 0.280. The highest BCUT2D eigenvalue weighted by atomic mass is 35.5. The largest absolute Gasteiger partial charge is 0.489 e. The van der Waals surface area contributed by atoms with Gasteiger partial charge < -0.3 is 14.3 Å². The van der Waals surface area contributed by atoms with Crippen LogP contribution in [-0.2, 0) is 11.3 Å². The van der Waals surface area contributed by atoms with E-state index in [0.717, 1.165) is 11.3 Å². The van der Waals surface area contributed by atoms with Crippen LogP contribution in [0.5, 0.6) is 11.5 Å². The zero-order chi connectivity index (χ0) is 18.1. The first-order valence-corrected chi connectivity index (χ1v) is 8.78. The predicted molar refractivity (Wildman–Crippen MR) is 101 cm³/mol. The van der Waals surface area contributed by atoms with Crippen molar-refractivity contribution in [3.63, 3.8) is 0 Å². The number of halogens is 4. The Morgan fingerprint density at radius 1 is 1.17 bits per heavy atom. The Bertz CT molecular complexity index is 610. The molecule has 0 radical (unpaired) electrons. The molecule has 1 rings (SSSR count). The molecule has 0 aliphatic carbocycles. The molecule has 134 valence electrons. The maximum atomic E-state index is 6.40. The number of benzene rings is 1. The summed E-state index contributed by atoms with van der Waals surface area (Å²) in [5.74, 6) is 0.961. The lowest BCUT2D eigenvalue weighted by Gasteiger charge is -2.16.